The second-order valence-electron chi connectivity index (χ2n) is 6.64. The summed E-state index contributed by atoms with van der Waals surface area (Å²) in [7, 11) is 3.41. The smallest absolute Gasteiger partial charge is 0.253 e. The number of ether oxygens (including phenoxy) is 1. The Morgan fingerprint density at radius 2 is 2.07 bits per heavy atom. The summed E-state index contributed by atoms with van der Waals surface area (Å²) in [4.78, 5) is 30.9. The van der Waals surface area contributed by atoms with Gasteiger partial charge in [0.05, 0.1) is 7.11 Å². The van der Waals surface area contributed by atoms with Gasteiger partial charge in [0.2, 0.25) is 5.91 Å². The van der Waals surface area contributed by atoms with Crippen molar-refractivity contribution in [2.75, 3.05) is 26.7 Å². The Morgan fingerprint density at radius 1 is 1.30 bits per heavy atom. The molecule has 1 aliphatic rings. The number of methoxy groups -OCH3 is 1. The van der Waals surface area contributed by atoms with E-state index in [9.17, 15) is 9.59 Å². The summed E-state index contributed by atoms with van der Waals surface area (Å²) in [6.45, 7) is 1.70. The van der Waals surface area contributed by atoms with E-state index in [2.05, 4.69) is 15.4 Å². The molecule has 0 bridgehead atoms. The normalized spacial score (nSPS) is 14.8. The maximum Gasteiger partial charge on any atom is 0.253 e. The average molecular weight is 371 g/mol. The van der Waals surface area contributed by atoms with E-state index < -0.39 is 0 Å². The molecule has 1 aliphatic heterocycles. The lowest BCUT2D eigenvalue weighted by Crippen LogP contribution is -2.43. The van der Waals surface area contributed by atoms with E-state index in [0.29, 0.717) is 50.2 Å². The number of carbonyl (C=O) groups is 2. The topological polar surface area (TPSA) is 89.3 Å². The molecule has 144 valence electrons. The number of hydrogen-bond acceptors (Lipinski definition) is 5. The highest BCUT2D eigenvalue weighted by Crippen LogP contribution is 2.21. The minimum atomic E-state index is -0.0566. The van der Waals surface area contributed by atoms with Crippen LogP contribution in [-0.4, -0.2) is 58.2 Å². The van der Waals surface area contributed by atoms with Crippen LogP contribution in [0.25, 0.3) is 0 Å². The number of carbonyl (C=O) groups excluding carboxylic acids is 2. The molecule has 1 aromatic carbocycles. The minimum Gasteiger partial charge on any atom is -0.497 e. The monoisotopic (exact) mass is 371 g/mol. The van der Waals surface area contributed by atoms with Crippen LogP contribution in [0.4, 0.5) is 0 Å². The Labute approximate surface area is 158 Å². The molecular weight excluding hydrogens is 346 g/mol. The number of hydrogen-bond donors (Lipinski definition) is 1. The molecule has 0 spiro atoms. The molecule has 1 aromatic heterocycles. The molecule has 8 heteroatoms. The molecule has 27 heavy (non-hydrogen) atoms. The molecule has 0 atom stereocenters. The first-order valence-electron chi connectivity index (χ1n) is 9.12. The molecule has 0 unspecified atom stereocenters. The van der Waals surface area contributed by atoms with Gasteiger partial charge in [0.1, 0.15) is 17.9 Å². The quantitative estimate of drug-likeness (QED) is 0.819. The third kappa shape index (κ3) is 4.64. The number of likely N-dealkylation sites (tertiary alicyclic amines) is 1. The van der Waals surface area contributed by atoms with E-state index in [-0.39, 0.29) is 17.7 Å². The minimum absolute atomic E-state index is 0.0185. The lowest BCUT2D eigenvalue weighted by molar-refractivity contribution is -0.126. The largest absolute Gasteiger partial charge is 0.497 e. The van der Waals surface area contributed by atoms with E-state index in [0.717, 1.165) is 5.82 Å². The van der Waals surface area contributed by atoms with Gasteiger partial charge >= 0.3 is 0 Å². The zero-order chi connectivity index (χ0) is 19.2. The van der Waals surface area contributed by atoms with E-state index >= 15 is 0 Å². The Bertz CT molecular complexity index is 796. The van der Waals surface area contributed by atoms with Gasteiger partial charge in [-0.3, -0.25) is 14.3 Å². The van der Waals surface area contributed by atoms with E-state index in [4.69, 9.17) is 4.74 Å². The van der Waals surface area contributed by atoms with Crippen molar-refractivity contribution in [3.8, 4) is 5.75 Å². The fourth-order valence-corrected chi connectivity index (χ4v) is 3.27. The van der Waals surface area contributed by atoms with Gasteiger partial charge in [-0.2, -0.15) is 5.10 Å². The SMILES string of the molecule is COc1cccc(C(=O)N2CCC(C(=O)NCCc3ncnn3C)CC2)c1. The number of aryl methyl sites for hydroxylation is 1. The van der Waals surface area contributed by atoms with Crippen molar-refractivity contribution in [3.05, 3.63) is 42.0 Å². The van der Waals surface area contributed by atoms with Gasteiger partial charge in [-0.15, -0.1) is 0 Å². The fraction of sp³-hybridized carbons (Fsp3) is 0.474. The fourth-order valence-electron chi connectivity index (χ4n) is 3.27. The van der Waals surface area contributed by atoms with Crippen LogP contribution in [0.2, 0.25) is 0 Å². The summed E-state index contributed by atoms with van der Waals surface area (Å²) in [6.07, 6.45) is 3.50. The van der Waals surface area contributed by atoms with Crippen LogP contribution >= 0.6 is 0 Å². The average Bonchev–Trinajstić information content (AvgIpc) is 3.12. The molecule has 2 heterocycles. The lowest BCUT2D eigenvalue weighted by atomic mass is 9.95. The summed E-state index contributed by atoms with van der Waals surface area (Å²) in [5, 5.41) is 6.98. The van der Waals surface area contributed by atoms with Crippen LogP contribution in [-0.2, 0) is 18.3 Å². The zero-order valence-electron chi connectivity index (χ0n) is 15.7. The molecule has 1 saturated heterocycles. The Kier molecular flexibility index (Phi) is 6.05. The van der Waals surface area contributed by atoms with Gasteiger partial charge < -0.3 is 15.0 Å². The molecule has 1 N–H and O–H groups in total. The van der Waals surface area contributed by atoms with E-state index in [1.165, 1.54) is 6.33 Å². The summed E-state index contributed by atoms with van der Waals surface area (Å²) < 4.78 is 6.88. The van der Waals surface area contributed by atoms with Crippen LogP contribution in [0.1, 0.15) is 29.0 Å². The summed E-state index contributed by atoms with van der Waals surface area (Å²) in [5.74, 6) is 1.48. The third-order valence-corrected chi connectivity index (χ3v) is 4.92. The standard InChI is InChI=1S/C19H25N5O3/c1-23-17(21-13-22-23)6-9-20-18(25)14-7-10-24(11-8-14)19(26)15-4-3-5-16(12-15)27-2/h3-5,12-14H,6-11H2,1-2H3,(H,20,25). The van der Waals surface area contributed by atoms with Gasteiger partial charge in [0, 0.05) is 44.6 Å². The molecule has 0 radical (unpaired) electrons. The maximum absolute atomic E-state index is 12.6. The summed E-state index contributed by atoms with van der Waals surface area (Å²) >= 11 is 0. The molecular formula is C19H25N5O3. The number of nitrogens with one attached hydrogen (secondary N) is 1. The van der Waals surface area contributed by atoms with Crippen LogP contribution in [0.15, 0.2) is 30.6 Å². The molecule has 0 saturated carbocycles. The highest BCUT2D eigenvalue weighted by Gasteiger charge is 2.27. The van der Waals surface area contributed by atoms with Gasteiger partial charge in [-0.25, -0.2) is 4.98 Å². The van der Waals surface area contributed by atoms with Crippen molar-refractivity contribution in [1.82, 2.24) is 25.0 Å². The van der Waals surface area contributed by atoms with Crippen molar-refractivity contribution in [3.63, 3.8) is 0 Å². The predicted molar refractivity (Wildman–Crippen MR) is 99.3 cm³/mol. The van der Waals surface area contributed by atoms with Gasteiger partial charge in [-0.1, -0.05) is 6.07 Å². The van der Waals surface area contributed by atoms with Crippen LogP contribution in [0.5, 0.6) is 5.75 Å². The highest BCUT2D eigenvalue weighted by molar-refractivity contribution is 5.94. The molecule has 1 fully saturated rings. The number of benzene rings is 1. The second-order valence-corrected chi connectivity index (χ2v) is 6.64. The van der Waals surface area contributed by atoms with Gasteiger partial charge in [0.15, 0.2) is 0 Å². The lowest BCUT2D eigenvalue weighted by Gasteiger charge is -2.31. The van der Waals surface area contributed by atoms with Crippen molar-refractivity contribution in [1.29, 1.82) is 0 Å². The summed E-state index contributed by atoms with van der Waals surface area (Å²) in [5.41, 5.74) is 0.612. The van der Waals surface area contributed by atoms with Crippen molar-refractivity contribution in [2.45, 2.75) is 19.3 Å². The van der Waals surface area contributed by atoms with Crippen LogP contribution in [0.3, 0.4) is 0 Å². The third-order valence-electron chi connectivity index (χ3n) is 4.92. The van der Waals surface area contributed by atoms with Crippen molar-refractivity contribution >= 4 is 11.8 Å². The zero-order valence-corrected chi connectivity index (χ0v) is 15.7. The molecule has 0 aliphatic carbocycles. The molecule has 2 amide bonds. The second kappa shape index (κ2) is 8.66. The highest BCUT2D eigenvalue weighted by atomic mass is 16.5. The molecule has 3 rings (SSSR count). The number of nitrogens with zero attached hydrogens (tertiary/aromatic N) is 4. The van der Waals surface area contributed by atoms with E-state index in [1.807, 2.05) is 19.2 Å². The van der Waals surface area contributed by atoms with Crippen molar-refractivity contribution < 1.29 is 14.3 Å². The van der Waals surface area contributed by atoms with Gasteiger partial charge in [0.25, 0.3) is 5.91 Å². The first kappa shape index (κ1) is 18.9. The predicted octanol–water partition coefficient (Wildman–Crippen LogP) is 1.03. The number of rotatable bonds is 6. The number of piperidine rings is 1. The van der Waals surface area contributed by atoms with Crippen LogP contribution in [0, 0.1) is 5.92 Å². The Balaban J connectivity index is 1.45. The van der Waals surface area contributed by atoms with E-state index in [1.54, 1.807) is 28.8 Å². The Hall–Kier alpha value is -2.90. The van der Waals surface area contributed by atoms with Crippen LogP contribution < -0.4 is 10.1 Å². The number of amides is 2. The first-order chi connectivity index (χ1) is 13.1. The number of aromatic nitrogens is 3. The van der Waals surface area contributed by atoms with Gasteiger partial charge in [-0.05, 0) is 31.0 Å². The molecule has 8 nitrogen and oxygen atoms in total. The maximum atomic E-state index is 12.6. The first-order valence-corrected chi connectivity index (χ1v) is 9.12. The Morgan fingerprint density at radius 3 is 2.74 bits per heavy atom. The van der Waals surface area contributed by atoms with Crippen molar-refractivity contribution in [2.24, 2.45) is 13.0 Å². The summed E-state index contributed by atoms with van der Waals surface area (Å²) in [6, 6.07) is 7.15. The molecule has 2 aromatic rings.